The lowest BCUT2D eigenvalue weighted by atomic mass is 10.1. The molecule has 1 aliphatic heterocycles. The standard InChI is InChI=1S/C32H40N6O4S/c1-2-3-4-5-6-9-31-36-32(42-37-31)38(43(40,41)28-14-15-29-25(21-28)17-20-35-29)27-12-10-24(11-13-27)16-19-34-23-30(39)26-8-7-18-33-22-26/h7-8,10-15,18,21-22,30,34-35,39H,2-6,9,16-17,19-20,23H2,1H3. The number of hydrogen-bond donors (Lipinski definition) is 3. The van der Waals surface area contributed by atoms with Crippen molar-refractivity contribution in [3.63, 3.8) is 0 Å². The van der Waals surface area contributed by atoms with Crippen LogP contribution in [-0.4, -0.2) is 48.3 Å². The summed E-state index contributed by atoms with van der Waals surface area (Å²) in [6.45, 7) is 4.02. The first-order chi connectivity index (χ1) is 21.0. The summed E-state index contributed by atoms with van der Waals surface area (Å²) < 4.78 is 34.9. The normalized spacial score (nSPS) is 13.4. The SMILES string of the molecule is CCCCCCCc1noc(N(c2ccc(CCNCC(O)c3cccnc3)cc2)S(=O)(=O)c2ccc3c(c2)CCN3)n1. The summed E-state index contributed by atoms with van der Waals surface area (Å²) in [6.07, 6.45) is 10.3. The lowest BCUT2D eigenvalue weighted by molar-refractivity contribution is 0.174. The van der Waals surface area contributed by atoms with Gasteiger partial charge in [0, 0.05) is 43.2 Å². The highest BCUT2D eigenvalue weighted by atomic mass is 32.2. The van der Waals surface area contributed by atoms with Gasteiger partial charge in [-0.15, -0.1) is 0 Å². The lowest BCUT2D eigenvalue weighted by Crippen LogP contribution is -2.27. The number of benzene rings is 2. The number of rotatable bonds is 16. The van der Waals surface area contributed by atoms with E-state index in [0.717, 1.165) is 58.9 Å². The maximum atomic E-state index is 14.1. The Balaban J connectivity index is 1.30. The second-order valence-corrected chi connectivity index (χ2v) is 12.6. The summed E-state index contributed by atoms with van der Waals surface area (Å²) in [7, 11) is -4.05. The summed E-state index contributed by atoms with van der Waals surface area (Å²) in [5, 5.41) is 21.0. The number of nitrogens with zero attached hydrogens (tertiary/aromatic N) is 4. The van der Waals surface area contributed by atoms with Gasteiger partial charge in [-0.05, 0) is 73.3 Å². The topological polar surface area (TPSA) is 133 Å². The van der Waals surface area contributed by atoms with Crippen LogP contribution < -0.4 is 14.9 Å². The van der Waals surface area contributed by atoms with E-state index < -0.39 is 16.1 Å². The number of nitrogens with one attached hydrogen (secondary N) is 2. The molecule has 0 fully saturated rings. The third-order valence-electron chi connectivity index (χ3n) is 7.63. The monoisotopic (exact) mass is 604 g/mol. The van der Waals surface area contributed by atoms with Crippen molar-refractivity contribution < 1.29 is 18.0 Å². The average molecular weight is 605 g/mol. The van der Waals surface area contributed by atoms with Crippen LogP contribution in [-0.2, 0) is 29.3 Å². The van der Waals surface area contributed by atoms with E-state index in [-0.39, 0.29) is 10.9 Å². The van der Waals surface area contributed by atoms with Crippen molar-refractivity contribution in [3.05, 3.63) is 89.5 Å². The van der Waals surface area contributed by atoms with Crippen LogP contribution in [0.25, 0.3) is 0 Å². The predicted octanol–water partition coefficient (Wildman–Crippen LogP) is 5.34. The summed E-state index contributed by atoms with van der Waals surface area (Å²) in [5.74, 6) is 0.501. The molecule has 2 aromatic heterocycles. The second kappa shape index (κ2) is 14.6. The fraction of sp³-hybridized carbons (Fsp3) is 0.406. The summed E-state index contributed by atoms with van der Waals surface area (Å²) in [5.41, 5.74) is 4.13. The second-order valence-electron chi connectivity index (χ2n) is 10.8. The molecule has 0 bridgehead atoms. The molecular weight excluding hydrogens is 564 g/mol. The van der Waals surface area contributed by atoms with E-state index in [2.05, 4.69) is 32.7 Å². The summed E-state index contributed by atoms with van der Waals surface area (Å²) in [4.78, 5) is 8.74. The molecule has 43 heavy (non-hydrogen) atoms. The number of sulfonamides is 1. The molecule has 4 aromatic rings. The Morgan fingerprint density at radius 3 is 2.70 bits per heavy atom. The van der Waals surface area contributed by atoms with Crippen molar-refractivity contribution in [2.75, 3.05) is 29.3 Å². The molecule has 228 valence electrons. The summed E-state index contributed by atoms with van der Waals surface area (Å²) in [6, 6.07) is 16.1. The van der Waals surface area contributed by atoms with Crippen LogP contribution in [0.15, 0.2) is 76.4 Å². The van der Waals surface area contributed by atoms with Crippen molar-refractivity contribution in [2.45, 2.75) is 69.3 Å². The molecule has 1 aliphatic rings. The van der Waals surface area contributed by atoms with Gasteiger partial charge in [-0.1, -0.05) is 56.0 Å². The minimum Gasteiger partial charge on any atom is -0.387 e. The van der Waals surface area contributed by atoms with Gasteiger partial charge < -0.3 is 20.3 Å². The highest BCUT2D eigenvalue weighted by Crippen LogP contribution is 2.34. The fourth-order valence-corrected chi connectivity index (χ4v) is 6.60. The average Bonchev–Trinajstić information content (AvgIpc) is 3.70. The van der Waals surface area contributed by atoms with Gasteiger partial charge in [0.25, 0.3) is 10.0 Å². The Kier molecular flexibility index (Phi) is 10.4. The van der Waals surface area contributed by atoms with Crippen LogP contribution in [0.3, 0.4) is 0 Å². The minimum atomic E-state index is -4.05. The molecule has 0 aliphatic carbocycles. The number of aliphatic hydroxyl groups is 1. The van der Waals surface area contributed by atoms with Gasteiger partial charge in [-0.25, -0.2) is 8.42 Å². The molecule has 2 aromatic carbocycles. The van der Waals surface area contributed by atoms with E-state index in [1.54, 1.807) is 42.7 Å². The third-order valence-corrected chi connectivity index (χ3v) is 9.33. The quantitative estimate of drug-likeness (QED) is 0.145. The zero-order chi connectivity index (χ0) is 30.1. The van der Waals surface area contributed by atoms with E-state index >= 15 is 0 Å². The smallest absolute Gasteiger partial charge is 0.342 e. The number of anilines is 3. The maximum absolute atomic E-state index is 14.1. The van der Waals surface area contributed by atoms with Gasteiger partial charge >= 0.3 is 6.01 Å². The van der Waals surface area contributed by atoms with Crippen molar-refractivity contribution in [1.82, 2.24) is 20.4 Å². The highest BCUT2D eigenvalue weighted by Gasteiger charge is 2.32. The Morgan fingerprint density at radius 2 is 1.91 bits per heavy atom. The molecule has 0 saturated carbocycles. The number of hydrogen-bond acceptors (Lipinski definition) is 9. The predicted molar refractivity (Wildman–Crippen MR) is 167 cm³/mol. The van der Waals surface area contributed by atoms with Gasteiger partial charge in [-0.2, -0.15) is 9.29 Å². The molecule has 10 nitrogen and oxygen atoms in total. The first-order valence-corrected chi connectivity index (χ1v) is 16.5. The molecule has 3 N–H and O–H groups in total. The largest absolute Gasteiger partial charge is 0.387 e. The number of aryl methyl sites for hydroxylation is 1. The molecule has 11 heteroatoms. The van der Waals surface area contributed by atoms with Crippen LogP contribution in [0.2, 0.25) is 0 Å². The van der Waals surface area contributed by atoms with Crippen molar-refractivity contribution >= 4 is 27.4 Å². The molecule has 5 rings (SSSR count). The molecule has 0 radical (unpaired) electrons. The van der Waals surface area contributed by atoms with Gasteiger partial charge in [0.15, 0.2) is 5.82 Å². The number of aromatic nitrogens is 3. The van der Waals surface area contributed by atoms with E-state index in [1.807, 2.05) is 24.3 Å². The molecule has 1 unspecified atom stereocenters. The third kappa shape index (κ3) is 7.78. The number of unbranched alkanes of at least 4 members (excludes halogenated alkanes) is 4. The molecule has 0 spiro atoms. The molecule has 3 heterocycles. The number of pyridine rings is 1. The zero-order valence-corrected chi connectivity index (χ0v) is 25.4. The molecule has 1 atom stereocenters. The van der Waals surface area contributed by atoms with E-state index in [4.69, 9.17) is 4.52 Å². The van der Waals surface area contributed by atoms with Crippen LogP contribution in [0.4, 0.5) is 17.4 Å². The number of fused-ring (bicyclic) bond motifs is 1. The molecule has 0 amide bonds. The van der Waals surface area contributed by atoms with E-state index in [1.165, 1.54) is 12.8 Å². The van der Waals surface area contributed by atoms with Gasteiger partial charge in [-0.3, -0.25) is 4.98 Å². The van der Waals surface area contributed by atoms with Crippen LogP contribution in [0.1, 0.15) is 67.6 Å². The molecular formula is C32H40N6O4S. The Morgan fingerprint density at radius 1 is 1.07 bits per heavy atom. The van der Waals surface area contributed by atoms with Crippen LogP contribution in [0.5, 0.6) is 0 Å². The Hall–Kier alpha value is -3.80. The first-order valence-electron chi connectivity index (χ1n) is 15.1. The van der Waals surface area contributed by atoms with E-state index in [9.17, 15) is 13.5 Å². The first kappa shape index (κ1) is 30.7. The van der Waals surface area contributed by atoms with E-state index in [0.29, 0.717) is 37.4 Å². The zero-order valence-electron chi connectivity index (χ0n) is 24.6. The van der Waals surface area contributed by atoms with Crippen LogP contribution in [0, 0.1) is 0 Å². The fourth-order valence-electron chi connectivity index (χ4n) is 5.17. The van der Waals surface area contributed by atoms with Crippen molar-refractivity contribution in [3.8, 4) is 0 Å². The maximum Gasteiger partial charge on any atom is 0.342 e. The molecule has 0 saturated heterocycles. The Labute approximate surface area is 253 Å². The van der Waals surface area contributed by atoms with Crippen molar-refractivity contribution in [1.29, 1.82) is 0 Å². The van der Waals surface area contributed by atoms with Crippen LogP contribution >= 0.6 is 0 Å². The summed E-state index contributed by atoms with van der Waals surface area (Å²) >= 11 is 0. The minimum absolute atomic E-state index is 0.0685. The van der Waals surface area contributed by atoms with Gasteiger partial charge in [0.05, 0.1) is 16.7 Å². The lowest BCUT2D eigenvalue weighted by Gasteiger charge is -2.21. The highest BCUT2D eigenvalue weighted by molar-refractivity contribution is 7.93. The van der Waals surface area contributed by atoms with Gasteiger partial charge in [0.1, 0.15) is 0 Å². The van der Waals surface area contributed by atoms with Crippen molar-refractivity contribution in [2.24, 2.45) is 0 Å². The Bertz CT molecular complexity index is 1560. The van der Waals surface area contributed by atoms with Gasteiger partial charge in [0.2, 0.25) is 0 Å². The number of aliphatic hydroxyl groups excluding tert-OH is 1.